The maximum absolute atomic E-state index is 12.7. The molecule has 5 heteroatoms. The van der Waals surface area contributed by atoms with Crippen LogP contribution in [-0.4, -0.2) is 24.0 Å². The van der Waals surface area contributed by atoms with Crippen LogP contribution in [0.5, 0.6) is 5.75 Å². The molecule has 0 spiro atoms. The summed E-state index contributed by atoms with van der Waals surface area (Å²) in [5.41, 5.74) is 2.84. The third-order valence-corrected chi connectivity index (χ3v) is 4.63. The molecule has 0 bridgehead atoms. The second-order valence-electron chi connectivity index (χ2n) is 7.13. The molecule has 2 amide bonds. The number of nitrogens with one attached hydrogen (secondary N) is 1. The van der Waals surface area contributed by atoms with Crippen molar-refractivity contribution in [3.8, 4) is 5.75 Å². The van der Waals surface area contributed by atoms with Crippen molar-refractivity contribution in [2.75, 3.05) is 16.8 Å². The highest BCUT2D eigenvalue weighted by atomic mass is 16.5. The van der Waals surface area contributed by atoms with Crippen LogP contribution in [-0.2, 0) is 9.59 Å². The summed E-state index contributed by atoms with van der Waals surface area (Å²) in [5, 5.41) is 2.90. The molecule has 1 aliphatic heterocycles. The number of rotatable bonds is 4. The molecule has 3 rings (SSSR count). The van der Waals surface area contributed by atoms with Crippen molar-refractivity contribution < 1.29 is 14.3 Å². The lowest BCUT2D eigenvalue weighted by Gasteiger charge is -2.38. The molecule has 26 heavy (non-hydrogen) atoms. The number of aryl methyl sites for hydroxylation is 2. The van der Waals surface area contributed by atoms with E-state index < -0.39 is 5.60 Å². The minimum atomic E-state index is -0.946. The monoisotopic (exact) mass is 352 g/mol. The molecule has 2 aromatic rings. The van der Waals surface area contributed by atoms with Gasteiger partial charge in [0.2, 0.25) is 5.91 Å². The number of carbonyl (C=O) groups is 2. The van der Waals surface area contributed by atoms with E-state index in [0.29, 0.717) is 18.0 Å². The van der Waals surface area contributed by atoms with Gasteiger partial charge >= 0.3 is 0 Å². The Morgan fingerprint density at radius 2 is 1.85 bits per heavy atom. The van der Waals surface area contributed by atoms with Crippen LogP contribution in [0.1, 0.15) is 31.4 Å². The normalized spacial score (nSPS) is 15.2. The number of amides is 2. The predicted molar refractivity (Wildman–Crippen MR) is 103 cm³/mol. The third kappa shape index (κ3) is 3.57. The second-order valence-corrected chi connectivity index (χ2v) is 7.13. The fraction of sp³-hybridized carbons (Fsp3) is 0.333. The smallest absolute Gasteiger partial charge is 0.270 e. The van der Waals surface area contributed by atoms with Crippen molar-refractivity contribution in [1.29, 1.82) is 0 Å². The highest BCUT2D eigenvalue weighted by Gasteiger charge is 2.40. The Bertz CT molecular complexity index is 858. The molecule has 0 aliphatic carbocycles. The molecular weight excluding hydrogens is 328 g/mol. The SMILES string of the molecule is Cc1ccc(NC(=O)CCN2C(=O)C(C)(C)Oc3ccccc32)cc1C. The fourth-order valence-corrected chi connectivity index (χ4v) is 3.00. The molecule has 1 N–H and O–H groups in total. The van der Waals surface area contributed by atoms with Gasteiger partial charge < -0.3 is 15.0 Å². The van der Waals surface area contributed by atoms with E-state index >= 15 is 0 Å². The van der Waals surface area contributed by atoms with E-state index in [1.54, 1.807) is 18.7 Å². The minimum absolute atomic E-state index is 0.122. The zero-order valence-electron chi connectivity index (χ0n) is 15.6. The third-order valence-electron chi connectivity index (χ3n) is 4.63. The van der Waals surface area contributed by atoms with E-state index in [0.717, 1.165) is 11.3 Å². The van der Waals surface area contributed by atoms with Gasteiger partial charge in [-0.25, -0.2) is 0 Å². The van der Waals surface area contributed by atoms with Crippen LogP contribution in [0.3, 0.4) is 0 Å². The van der Waals surface area contributed by atoms with E-state index in [4.69, 9.17) is 4.74 Å². The zero-order chi connectivity index (χ0) is 18.9. The summed E-state index contributed by atoms with van der Waals surface area (Å²) in [7, 11) is 0. The van der Waals surface area contributed by atoms with Gasteiger partial charge in [-0.2, -0.15) is 0 Å². The van der Waals surface area contributed by atoms with Gasteiger partial charge in [0.1, 0.15) is 5.75 Å². The maximum Gasteiger partial charge on any atom is 0.270 e. The molecule has 0 aromatic heterocycles. The van der Waals surface area contributed by atoms with Crippen molar-refractivity contribution >= 4 is 23.2 Å². The van der Waals surface area contributed by atoms with Crippen LogP contribution in [0.25, 0.3) is 0 Å². The number of nitrogens with zero attached hydrogens (tertiary/aromatic N) is 1. The van der Waals surface area contributed by atoms with Gasteiger partial charge in [-0.1, -0.05) is 18.2 Å². The predicted octanol–water partition coefficient (Wildman–Crippen LogP) is 3.84. The largest absolute Gasteiger partial charge is 0.476 e. The number of hydrogen-bond acceptors (Lipinski definition) is 3. The summed E-state index contributed by atoms with van der Waals surface area (Å²) >= 11 is 0. The average Bonchev–Trinajstić information content (AvgIpc) is 2.58. The Morgan fingerprint density at radius 3 is 2.58 bits per heavy atom. The minimum Gasteiger partial charge on any atom is -0.476 e. The van der Waals surface area contributed by atoms with Crippen LogP contribution in [0.15, 0.2) is 42.5 Å². The molecule has 0 unspecified atom stereocenters. The summed E-state index contributed by atoms with van der Waals surface area (Å²) in [6.07, 6.45) is 0.211. The maximum atomic E-state index is 12.7. The number of anilines is 2. The number of ether oxygens (including phenoxy) is 1. The van der Waals surface area contributed by atoms with Crippen molar-refractivity contribution in [3.63, 3.8) is 0 Å². The number of para-hydroxylation sites is 2. The lowest BCUT2D eigenvalue weighted by atomic mass is 10.0. The van der Waals surface area contributed by atoms with Crippen molar-refractivity contribution in [2.24, 2.45) is 0 Å². The van der Waals surface area contributed by atoms with Crippen LogP contribution < -0.4 is 15.0 Å². The molecule has 136 valence electrons. The molecule has 1 heterocycles. The Morgan fingerprint density at radius 1 is 1.12 bits per heavy atom. The first-order valence-electron chi connectivity index (χ1n) is 8.75. The van der Waals surface area contributed by atoms with Gasteiger partial charge in [0.15, 0.2) is 5.60 Å². The molecule has 5 nitrogen and oxygen atoms in total. The molecule has 0 saturated heterocycles. The summed E-state index contributed by atoms with van der Waals surface area (Å²) in [5.74, 6) is 0.393. The van der Waals surface area contributed by atoms with Gasteiger partial charge in [0.25, 0.3) is 5.91 Å². The Balaban J connectivity index is 1.71. The summed E-state index contributed by atoms with van der Waals surface area (Å²) in [6.45, 7) is 7.83. The van der Waals surface area contributed by atoms with E-state index in [1.165, 1.54) is 5.56 Å². The lowest BCUT2D eigenvalue weighted by Crippen LogP contribution is -2.53. The van der Waals surface area contributed by atoms with E-state index in [9.17, 15) is 9.59 Å². The molecule has 0 fully saturated rings. The highest BCUT2D eigenvalue weighted by molar-refractivity contribution is 6.03. The van der Waals surface area contributed by atoms with Crippen molar-refractivity contribution in [2.45, 2.75) is 39.7 Å². The van der Waals surface area contributed by atoms with E-state index in [2.05, 4.69) is 5.32 Å². The van der Waals surface area contributed by atoms with Crippen molar-refractivity contribution in [1.82, 2.24) is 0 Å². The number of benzene rings is 2. The second kappa shape index (κ2) is 6.83. The number of fused-ring (bicyclic) bond motifs is 1. The van der Waals surface area contributed by atoms with Crippen molar-refractivity contribution in [3.05, 3.63) is 53.6 Å². The standard InChI is InChI=1S/C21H24N2O3/c1-14-9-10-16(13-15(14)2)22-19(24)11-12-23-17-7-5-6-8-18(17)26-21(3,4)20(23)25/h5-10,13H,11-12H2,1-4H3,(H,22,24). The first-order chi connectivity index (χ1) is 12.3. The summed E-state index contributed by atoms with van der Waals surface area (Å²) < 4.78 is 5.80. The molecule has 1 aliphatic rings. The first-order valence-corrected chi connectivity index (χ1v) is 8.75. The number of hydrogen-bond donors (Lipinski definition) is 1. The van der Waals surface area contributed by atoms with Gasteiger partial charge in [0, 0.05) is 18.7 Å². The molecule has 0 saturated carbocycles. The molecule has 2 aromatic carbocycles. The van der Waals surface area contributed by atoms with Crippen LogP contribution in [0.2, 0.25) is 0 Å². The Hall–Kier alpha value is -2.82. The van der Waals surface area contributed by atoms with Gasteiger partial charge in [-0.3, -0.25) is 9.59 Å². The average molecular weight is 352 g/mol. The highest BCUT2D eigenvalue weighted by Crippen LogP contribution is 2.37. The van der Waals surface area contributed by atoms with E-state index in [-0.39, 0.29) is 18.2 Å². The first kappa shape index (κ1) is 18.0. The summed E-state index contributed by atoms with van der Waals surface area (Å²) in [6, 6.07) is 13.2. The quantitative estimate of drug-likeness (QED) is 0.910. The topological polar surface area (TPSA) is 58.6 Å². The van der Waals surface area contributed by atoms with Gasteiger partial charge in [0.05, 0.1) is 5.69 Å². The molecule has 0 radical (unpaired) electrons. The van der Waals surface area contributed by atoms with E-state index in [1.807, 2.05) is 56.3 Å². The van der Waals surface area contributed by atoms with Crippen LogP contribution >= 0.6 is 0 Å². The number of carbonyl (C=O) groups excluding carboxylic acids is 2. The van der Waals surface area contributed by atoms with Crippen LogP contribution in [0, 0.1) is 13.8 Å². The molecular formula is C21H24N2O3. The van der Waals surface area contributed by atoms with Gasteiger partial charge in [-0.05, 0) is 63.1 Å². The lowest BCUT2D eigenvalue weighted by molar-refractivity contribution is -0.132. The zero-order valence-corrected chi connectivity index (χ0v) is 15.6. The summed E-state index contributed by atoms with van der Waals surface area (Å²) in [4.78, 5) is 26.7. The Kier molecular flexibility index (Phi) is 4.72. The van der Waals surface area contributed by atoms with Gasteiger partial charge in [-0.15, -0.1) is 0 Å². The Labute approximate surface area is 154 Å². The fourth-order valence-electron chi connectivity index (χ4n) is 3.00. The molecule has 0 atom stereocenters. The van der Waals surface area contributed by atoms with Crippen LogP contribution in [0.4, 0.5) is 11.4 Å².